The largest absolute Gasteiger partial charge is 0.456 e. The summed E-state index contributed by atoms with van der Waals surface area (Å²) < 4.78 is 14.7. The van der Waals surface area contributed by atoms with Crippen LogP contribution in [-0.2, 0) is 10.8 Å². The maximum atomic E-state index is 6.64. The maximum absolute atomic E-state index is 6.64. The molecule has 0 atom stereocenters. The molecule has 4 aromatic heterocycles. The van der Waals surface area contributed by atoms with Crippen molar-refractivity contribution in [2.24, 2.45) is 0 Å². The van der Waals surface area contributed by atoms with Crippen LogP contribution in [0.25, 0.3) is 90.8 Å². The van der Waals surface area contributed by atoms with E-state index in [2.05, 4.69) is 178 Å². The fraction of sp³-hybridized carbons (Fsp3) is 0.154. The SMILES string of the molecule is CC(C)(C)c1ccc(N2B3c4sc5ccc(C(C)(C)C)cc5c4-n4c5cc6sc7ccccc7c6cc5c5ccc(c3c54)-c3cc4c(cc32)oc2ccccc24)cc1. The van der Waals surface area contributed by atoms with Crippen LogP contribution in [0.5, 0.6) is 0 Å². The molecule has 13 rings (SSSR count). The fourth-order valence-corrected chi connectivity index (χ4v) is 12.6. The standard InChI is InChI=1S/C52H39BN2OS2/c1-51(2,3)28-15-18-30(19-16-28)55-41-26-43-37(31-11-7-9-13-42(31)56-43)24-35(41)33-20-21-34-36-25-38-32-12-8-10-14-44(32)57-46(38)27-40(36)54-48(34)47(33)53(55)50-49(54)39-23-29(52(4,5)6)17-22-45(39)58-50/h7-27H,1-6H3. The molecule has 0 spiro atoms. The third kappa shape index (κ3) is 4.29. The molecule has 0 radical (unpaired) electrons. The molecule has 2 aliphatic rings. The second-order valence-corrected chi connectivity index (χ2v) is 20.7. The van der Waals surface area contributed by atoms with Gasteiger partial charge in [-0.05, 0) is 87.6 Å². The molecule has 6 heteroatoms. The number of hydrogen-bond acceptors (Lipinski definition) is 4. The molecule has 11 aromatic rings. The van der Waals surface area contributed by atoms with E-state index in [0.29, 0.717) is 0 Å². The lowest BCUT2D eigenvalue weighted by atomic mass is 9.47. The van der Waals surface area contributed by atoms with Crippen molar-refractivity contribution in [2.75, 3.05) is 4.81 Å². The van der Waals surface area contributed by atoms with E-state index in [1.165, 1.54) is 102 Å². The number of nitrogens with zero attached hydrogens (tertiary/aromatic N) is 2. The van der Waals surface area contributed by atoms with Gasteiger partial charge in [0.1, 0.15) is 11.2 Å². The van der Waals surface area contributed by atoms with Crippen LogP contribution in [0.15, 0.2) is 132 Å². The Hall–Kier alpha value is -5.82. The van der Waals surface area contributed by atoms with Crippen molar-refractivity contribution >= 4 is 125 Å². The van der Waals surface area contributed by atoms with Crippen molar-refractivity contribution < 1.29 is 4.42 Å². The van der Waals surface area contributed by atoms with Crippen LogP contribution >= 0.6 is 22.7 Å². The lowest BCUT2D eigenvalue weighted by molar-refractivity contribution is 0.590. The summed E-state index contributed by atoms with van der Waals surface area (Å²) in [6.07, 6.45) is 0. The Labute approximate surface area is 344 Å². The van der Waals surface area contributed by atoms with E-state index in [1.807, 2.05) is 22.7 Å². The van der Waals surface area contributed by atoms with Crippen LogP contribution in [0.3, 0.4) is 0 Å². The molecule has 7 aromatic carbocycles. The Bertz CT molecular complexity index is 3600. The van der Waals surface area contributed by atoms with Crippen LogP contribution in [0.4, 0.5) is 11.4 Å². The quantitative estimate of drug-likeness (QED) is 0.155. The minimum Gasteiger partial charge on any atom is -0.456 e. The molecule has 278 valence electrons. The number of para-hydroxylation sites is 1. The van der Waals surface area contributed by atoms with Gasteiger partial charge in [-0.2, -0.15) is 0 Å². The molecule has 0 amide bonds. The third-order valence-corrected chi connectivity index (χ3v) is 15.4. The van der Waals surface area contributed by atoms with E-state index in [9.17, 15) is 0 Å². The predicted molar refractivity (Wildman–Crippen MR) is 253 cm³/mol. The van der Waals surface area contributed by atoms with Gasteiger partial charge in [0.2, 0.25) is 0 Å². The first kappa shape index (κ1) is 33.2. The molecule has 0 saturated carbocycles. The number of thiophene rings is 2. The summed E-state index contributed by atoms with van der Waals surface area (Å²) >= 11 is 3.87. The molecule has 0 bridgehead atoms. The zero-order chi connectivity index (χ0) is 39.0. The van der Waals surface area contributed by atoms with E-state index in [1.54, 1.807) is 0 Å². The van der Waals surface area contributed by atoms with Crippen LogP contribution < -0.4 is 15.1 Å². The number of benzene rings is 7. The van der Waals surface area contributed by atoms with E-state index < -0.39 is 0 Å². The number of hydrogen-bond donors (Lipinski definition) is 0. The monoisotopic (exact) mass is 782 g/mol. The van der Waals surface area contributed by atoms with Crippen molar-refractivity contribution in [3.8, 4) is 16.8 Å². The zero-order valence-electron chi connectivity index (χ0n) is 33.3. The number of furan rings is 1. The molecular weight excluding hydrogens is 744 g/mol. The smallest absolute Gasteiger partial charge is 0.343 e. The predicted octanol–water partition coefficient (Wildman–Crippen LogP) is 14.1. The molecule has 2 aliphatic heterocycles. The van der Waals surface area contributed by atoms with Gasteiger partial charge in [-0.1, -0.05) is 108 Å². The normalized spacial score (nSPS) is 14.0. The lowest BCUT2D eigenvalue weighted by Gasteiger charge is -2.41. The molecule has 58 heavy (non-hydrogen) atoms. The minimum absolute atomic E-state index is 0.0165. The molecule has 0 saturated heterocycles. The molecule has 0 aliphatic carbocycles. The van der Waals surface area contributed by atoms with Gasteiger partial charge >= 0.3 is 6.85 Å². The molecule has 0 N–H and O–H groups in total. The van der Waals surface area contributed by atoms with E-state index in [-0.39, 0.29) is 17.7 Å². The number of aromatic nitrogens is 1. The van der Waals surface area contributed by atoms with Crippen molar-refractivity contribution in [2.45, 2.75) is 52.4 Å². The Morgan fingerprint density at radius 2 is 1.26 bits per heavy atom. The van der Waals surface area contributed by atoms with Crippen molar-refractivity contribution in [3.63, 3.8) is 0 Å². The average molecular weight is 783 g/mol. The van der Waals surface area contributed by atoms with Crippen LogP contribution in [0.1, 0.15) is 52.7 Å². The highest BCUT2D eigenvalue weighted by molar-refractivity contribution is 7.32. The Balaban J connectivity index is 1.21. The Morgan fingerprint density at radius 3 is 2.07 bits per heavy atom. The van der Waals surface area contributed by atoms with E-state index >= 15 is 0 Å². The van der Waals surface area contributed by atoms with Gasteiger partial charge in [0, 0.05) is 79.6 Å². The maximum Gasteiger partial charge on any atom is 0.343 e. The number of rotatable bonds is 1. The fourth-order valence-electron chi connectivity index (χ4n) is 10.2. The Kier molecular flexibility index (Phi) is 6.30. The van der Waals surface area contributed by atoms with Gasteiger partial charge in [-0.25, -0.2) is 0 Å². The van der Waals surface area contributed by atoms with Crippen LogP contribution in [-0.4, -0.2) is 11.4 Å². The summed E-state index contributed by atoms with van der Waals surface area (Å²) in [6, 6.07) is 48.5. The molecule has 3 nitrogen and oxygen atoms in total. The van der Waals surface area contributed by atoms with Gasteiger partial charge in [0.05, 0.1) is 16.7 Å². The topological polar surface area (TPSA) is 21.3 Å². The van der Waals surface area contributed by atoms with Crippen molar-refractivity contribution in [1.82, 2.24) is 4.57 Å². The first-order chi connectivity index (χ1) is 28.0. The van der Waals surface area contributed by atoms with Gasteiger partial charge in [0.15, 0.2) is 0 Å². The second-order valence-electron chi connectivity index (χ2n) is 18.5. The summed E-state index contributed by atoms with van der Waals surface area (Å²) in [4.78, 5) is 2.64. The number of fused-ring (bicyclic) bond motifs is 16. The number of anilines is 2. The molecule has 6 heterocycles. The second kappa shape index (κ2) is 11.0. The highest BCUT2D eigenvalue weighted by atomic mass is 32.1. The molecular formula is C52H39BN2OS2. The summed E-state index contributed by atoms with van der Waals surface area (Å²) in [6.45, 7) is 13.8. The Morgan fingerprint density at radius 1 is 0.517 bits per heavy atom. The molecule has 0 fully saturated rings. The zero-order valence-corrected chi connectivity index (χ0v) is 35.0. The summed E-state index contributed by atoms with van der Waals surface area (Å²) in [7, 11) is 0. The first-order valence-corrected chi connectivity index (χ1v) is 22.0. The highest BCUT2D eigenvalue weighted by Gasteiger charge is 2.46. The minimum atomic E-state index is -0.0437. The van der Waals surface area contributed by atoms with E-state index in [4.69, 9.17) is 4.42 Å². The van der Waals surface area contributed by atoms with Gasteiger partial charge in [-0.15, -0.1) is 22.7 Å². The van der Waals surface area contributed by atoms with Crippen molar-refractivity contribution in [3.05, 3.63) is 139 Å². The molecule has 0 unspecified atom stereocenters. The van der Waals surface area contributed by atoms with E-state index in [0.717, 1.165) is 21.9 Å². The van der Waals surface area contributed by atoms with Gasteiger partial charge in [0.25, 0.3) is 0 Å². The highest BCUT2D eigenvalue weighted by Crippen LogP contribution is 2.50. The first-order valence-electron chi connectivity index (χ1n) is 20.4. The van der Waals surface area contributed by atoms with Gasteiger partial charge < -0.3 is 13.8 Å². The van der Waals surface area contributed by atoms with Crippen LogP contribution in [0, 0.1) is 0 Å². The van der Waals surface area contributed by atoms with Crippen LogP contribution in [0.2, 0.25) is 0 Å². The summed E-state index contributed by atoms with van der Waals surface area (Å²) in [5.41, 5.74) is 14.8. The third-order valence-electron chi connectivity index (χ3n) is 13.1. The van der Waals surface area contributed by atoms with Gasteiger partial charge in [-0.3, -0.25) is 0 Å². The summed E-state index contributed by atoms with van der Waals surface area (Å²) in [5.74, 6) is 0. The summed E-state index contributed by atoms with van der Waals surface area (Å²) in [5, 5.41) is 8.95. The average Bonchev–Trinajstić information content (AvgIpc) is 3.96. The lowest BCUT2D eigenvalue weighted by Crippen LogP contribution is -2.59. The van der Waals surface area contributed by atoms with Crippen molar-refractivity contribution in [1.29, 1.82) is 0 Å².